The van der Waals surface area contributed by atoms with Crippen molar-refractivity contribution < 1.29 is 0 Å². The summed E-state index contributed by atoms with van der Waals surface area (Å²) in [4.78, 5) is 19.5. The first-order chi connectivity index (χ1) is 17.9. The molecule has 0 saturated carbocycles. The number of aromatic nitrogens is 6. The molecule has 6 nitrogen and oxygen atoms in total. The van der Waals surface area contributed by atoms with Crippen LogP contribution in [0.1, 0.15) is 0 Å². The van der Waals surface area contributed by atoms with Gasteiger partial charge in [-0.3, -0.25) is 14.5 Å². The summed E-state index contributed by atoms with van der Waals surface area (Å²) in [7, 11) is 0. The van der Waals surface area contributed by atoms with Gasteiger partial charge >= 0.3 is 0 Å². The van der Waals surface area contributed by atoms with E-state index in [2.05, 4.69) is 75.9 Å². The van der Waals surface area contributed by atoms with Crippen molar-refractivity contribution in [2.24, 2.45) is 0 Å². The topological polar surface area (TPSA) is 61.4 Å². The maximum atomic E-state index is 5.19. The molecule has 0 aliphatic rings. The van der Waals surface area contributed by atoms with Crippen LogP contribution < -0.4 is 0 Å². The fraction of sp³-hybridized carbons (Fsp3) is 0. The number of hydrogen-bond donors (Lipinski definition) is 0. The van der Waals surface area contributed by atoms with E-state index in [0.29, 0.717) is 0 Å². The van der Waals surface area contributed by atoms with Crippen molar-refractivity contribution in [3.05, 3.63) is 110 Å². The summed E-state index contributed by atoms with van der Waals surface area (Å²) in [6.07, 6.45) is 5.57. The number of rotatable bonds is 2. The van der Waals surface area contributed by atoms with E-state index in [-0.39, 0.29) is 0 Å². The van der Waals surface area contributed by atoms with Gasteiger partial charge in [-0.2, -0.15) is 0 Å². The van der Waals surface area contributed by atoms with Gasteiger partial charge in [0.25, 0.3) is 0 Å². The summed E-state index contributed by atoms with van der Waals surface area (Å²) in [6.45, 7) is 0. The molecule has 8 aromatic rings. The van der Waals surface area contributed by atoms with Gasteiger partial charge in [0.15, 0.2) is 0 Å². The largest absolute Gasteiger partial charge is 0.306 e. The third-order valence-corrected chi connectivity index (χ3v) is 6.83. The van der Waals surface area contributed by atoms with Crippen LogP contribution in [-0.2, 0) is 0 Å². The van der Waals surface area contributed by atoms with Crippen LogP contribution in [0, 0.1) is 0 Å². The van der Waals surface area contributed by atoms with Crippen molar-refractivity contribution in [3.8, 4) is 11.5 Å². The average molecular weight is 463 g/mol. The second kappa shape index (κ2) is 7.20. The van der Waals surface area contributed by atoms with Gasteiger partial charge in [-0.25, -0.2) is 9.97 Å². The zero-order valence-electron chi connectivity index (χ0n) is 19.1. The van der Waals surface area contributed by atoms with Gasteiger partial charge in [0, 0.05) is 29.7 Å². The van der Waals surface area contributed by atoms with Crippen LogP contribution in [0.3, 0.4) is 0 Å². The minimum atomic E-state index is 0.836. The summed E-state index contributed by atoms with van der Waals surface area (Å²) < 4.78 is 4.39. The van der Waals surface area contributed by atoms with E-state index in [1.54, 1.807) is 0 Å². The molecular weight excluding hydrogens is 444 g/mol. The van der Waals surface area contributed by atoms with Crippen molar-refractivity contribution in [2.75, 3.05) is 0 Å². The number of para-hydroxylation sites is 1. The van der Waals surface area contributed by atoms with Crippen LogP contribution in [0.2, 0.25) is 0 Å². The molecule has 168 valence electrons. The number of benzene rings is 2. The Labute approximate surface area is 205 Å². The first-order valence-electron chi connectivity index (χ1n) is 11.8. The lowest BCUT2D eigenvalue weighted by atomic mass is 10.2. The Hall–Kier alpha value is -5.10. The van der Waals surface area contributed by atoms with Gasteiger partial charge in [0.1, 0.15) is 27.9 Å². The quantitative estimate of drug-likeness (QED) is 0.290. The van der Waals surface area contributed by atoms with Crippen LogP contribution in [0.5, 0.6) is 0 Å². The number of hydrogen-bond acceptors (Lipinski definition) is 4. The summed E-state index contributed by atoms with van der Waals surface area (Å²) in [5.41, 5.74) is 8.43. The Morgan fingerprint density at radius 2 is 1.11 bits per heavy atom. The summed E-state index contributed by atoms with van der Waals surface area (Å²) in [5.74, 6) is 0.836. The maximum absolute atomic E-state index is 5.19. The SMILES string of the molecule is c1ccc(-n2c3cccnc3c3nc4c5ncccc5n(-c5cc6ccccc6cn5)c4cc32)cc1. The van der Waals surface area contributed by atoms with Crippen LogP contribution in [0.25, 0.3) is 66.4 Å². The van der Waals surface area contributed by atoms with Gasteiger partial charge in [-0.1, -0.05) is 42.5 Å². The normalized spacial score (nSPS) is 11.9. The van der Waals surface area contributed by atoms with Gasteiger partial charge in [0.05, 0.1) is 22.1 Å². The smallest absolute Gasteiger partial charge is 0.138 e. The molecule has 2 aromatic carbocycles. The molecule has 6 heteroatoms. The minimum absolute atomic E-state index is 0.836. The molecule has 0 aliphatic heterocycles. The second-order valence-corrected chi connectivity index (χ2v) is 8.86. The zero-order chi connectivity index (χ0) is 23.6. The van der Waals surface area contributed by atoms with Crippen molar-refractivity contribution >= 4 is 54.9 Å². The van der Waals surface area contributed by atoms with E-state index >= 15 is 0 Å². The van der Waals surface area contributed by atoms with Gasteiger partial charge in [-0.15, -0.1) is 0 Å². The molecular formula is C30H18N6. The van der Waals surface area contributed by atoms with Crippen molar-refractivity contribution in [3.63, 3.8) is 0 Å². The predicted molar refractivity (Wildman–Crippen MR) is 144 cm³/mol. The Morgan fingerprint density at radius 3 is 1.86 bits per heavy atom. The molecule has 6 heterocycles. The fourth-order valence-corrected chi connectivity index (χ4v) is 5.26. The molecule has 0 amide bonds. The predicted octanol–water partition coefficient (Wildman–Crippen LogP) is 6.61. The number of nitrogens with zero attached hydrogens (tertiary/aromatic N) is 6. The molecule has 0 radical (unpaired) electrons. The van der Waals surface area contributed by atoms with E-state index in [0.717, 1.165) is 66.4 Å². The molecule has 6 aromatic heterocycles. The zero-order valence-corrected chi connectivity index (χ0v) is 19.1. The monoisotopic (exact) mass is 462 g/mol. The van der Waals surface area contributed by atoms with Crippen LogP contribution in [-0.4, -0.2) is 29.1 Å². The Kier molecular flexibility index (Phi) is 3.85. The number of fused-ring (bicyclic) bond motifs is 7. The van der Waals surface area contributed by atoms with E-state index in [4.69, 9.17) is 19.9 Å². The molecule has 0 spiro atoms. The molecule has 8 rings (SSSR count). The molecule has 0 aliphatic carbocycles. The molecule has 0 saturated heterocycles. The van der Waals surface area contributed by atoms with Crippen LogP contribution in [0.15, 0.2) is 110 Å². The van der Waals surface area contributed by atoms with E-state index < -0.39 is 0 Å². The molecule has 0 unspecified atom stereocenters. The lowest BCUT2D eigenvalue weighted by Gasteiger charge is -2.09. The lowest BCUT2D eigenvalue weighted by molar-refractivity contribution is 1.09. The van der Waals surface area contributed by atoms with Gasteiger partial charge < -0.3 is 4.57 Å². The Bertz CT molecular complexity index is 2100. The van der Waals surface area contributed by atoms with Crippen molar-refractivity contribution in [1.29, 1.82) is 0 Å². The van der Waals surface area contributed by atoms with Gasteiger partial charge in [0.2, 0.25) is 0 Å². The second-order valence-electron chi connectivity index (χ2n) is 8.86. The third kappa shape index (κ3) is 2.61. The maximum Gasteiger partial charge on any atom is 0.138 e. The average Bonchev–Trinajstić information content (AvgIpc) is 3.44. The first-order valence-corrected chi connectivity index (χ1v) is 11.8. The summed E-state index contributed by atoms with van der Waals surface area (Å²) in [6, 6.07) is 31.0. The van der Waals surface area contributed by atoms with Crippen LogP contribution in [0.4, 0.5) is 0 Å². The molecule has 0 atom stereocenters. The van der Waals surface area contributed by atoms with Crippen molar-refractivity contribution in [2.45, 2.75) is 0 Å². The number of pyridine rings is 4. The first kappa shape index (κ1) is 19.2. The highest BCUT2D eigenvalue weighted by atomic mass is 15.1. The van der Waals surface area contributed by atoms with Gasteiger partial charge in [-0.05, 0) is 53.9 Å². The highest BCUT2D eigenvalue weighted by molar-refractivity contribution is 6.13. The summed E-state index contributed by atoms with van der Waals surface area (Å²) >= 11 is 0. The highest BCUT2D eigenvalue weighted by Crippen LogP contribution is 2.36. The van der Waals surface area contributed by atoms with Crippen molar-refractivity contribution in [1.82, 2.24) is 29.1 Å². The van der Waals surface area contributed by atoms with E-state index in [1.165, 1.54) is 0 Å². The standard InChI is InChI=1S/C30H18N6/c1-2-10-21(11-3-1)35-22-12-6-14-31-27(22)29-24(35)17-25-30(34-29)28-23(13-7-15-32-28)36(25)26-16-19-8-4-5-9-20(19)18-33-26/h1-18H. The Balaban J connectivity index is 1.55. The van der Waals surface area contributed by atoms with E-state index in [9.17, 15) is 0 Å². The third-order valence-electron chi connectivity index (χ3n) is 6.83. The fourth-order valence-electron chi connectivity index (χ4n) is 5.26. The summed E-state index contributed by atoms with van der Waals surface area (Å²) in [5, 5.41) is 2.24. The molecule has 0 N–H and O–H groups in total. The van der Waals surface area contributed by atoms with E-state index in [1.807, 2.05) is 42.9 Å². The molecule has 36 heavy (non-hydrogen) atoms. The highest BCUT2D eigenvalue weighted by Gasteiger charge is 2.21. The Morgan fingerprint density at radius 1 is 0.472 bits per heavy atom. The minimum Gasteiger partial charge on any atom is -0.306 e. The lowest BCUT2D eigenvalue weighted by Crippen LogP contribution is -1.98. The molecule has 0 bridgehead atoms. The molecule has 0 fully saturated rings. The van der Waals surface area contributed by atoms with Crippen LogP contribution >= 0.6 is 0 Å².